The summed E-state index contributed by atoms with van der Waals surface area (Å²) in [5, 5.41) is 14.2. The zero-order valence-electron chi connectivity index (χ0n) is 10.7. The van der Waals surface area contributed by atoms with Gasteiger partial charge in [0.25, 0.3) is 5.91 Å². The van der Waals surface area contributed by atoms with Crippen LogP contribution < -0.4 is 5.32 Å². The van der Waals surface area contributed by atoms with Gasteiger partial charge in [-0.25, -0.2) is 0 Å². The minimum Gasteiger partial charge on any atom is -0.459 e. The van der Waals surface area contributed by atoms with E-state index in [2.05, 4.69) is 36.8 Å². The summed E-state index contributed by atoms with van der Waals surface area (Å²) in [6, 6.07) is 10.8. The van der Waals surface area contributed by atoms with Crippen molar-refractivity contribution in [3.63, 3.8) is 0 Å². The number of hydrogen-bond donors (Lipinski definition) is 1. The largest absolute Gasteiger partial charge is 0.459 e. The third-order valence-electron chi connectivity index (χ3n) is 2.76. The van der Waals surface area contributed by atoms with E-state index in [-0.39, 0.29) is 18.2 Å². The number of tetrazole rings is 1. The molecule has 2 aromatic heterocycles. The van der Waals surface area contributed by atoms with Crippen molar-refractivity contribution in [2.24, 2.45) is 0 Å². The Bertz CT molecular complexity index is 736. The third kappa shape index (κ3) is 3.00. The van der Waals surface area contributed by atoms with Gasteiger partial charge in [-0.1, -0.05) is 15.9 Å². The second-order valence-corrected chi connectivity index (χ2v) is 5.06. The summed E-state index contributed by atoms with van der Waals surface area (Å²) < 4.78 is 7.55. The second kappa shape index (κ2) is 5.88. The van der Waals surface area contributed by atoms with E-state index in [1.807, 2.05) is 24.3 Å². The number of nitrogens with one attached hydrogen (secondary N) is 1. The van der Waals surface area contributed by atoms with Crippen LogP contribution in [-0.2, 0) is 6.54 Å². The van der Waals surface area contributed by atoms with Gasteiger partial charge in [0, 0.05) is 4.47 Å². The van der Waals surface area contributed by atoms with Crippen LogP contribution in [0.4, 0.5) is 0 Å². The minimum atomic E-state index is -0.314. The van der Waals surface area contributed by atoms with Crippen molar-refractivity contribution in [3.8, 4) is 5.69 Å². The lowest BCUT2D eigenvalue weighted by Crippen LogP contribution is -2.24. The predicted octanol–water partition coefficient (Wildman–Crippen LogP) is 1.95. The number of carbonyl (C=O) groups is 1. The highest BCUT2D eigenvalue weighted by Gasteiger charge is 2.12. The van der Waals surface area contributed by atoms with Gasteiger partial charge in [-0.3, -0.25) is 4.79 Å². The maximum atomic E-state index is 11.8. The maximum absolute atomic E-state index is 11.8. The van der Waals surface area contributed by atoms with Gasteiger partial charge in [0.05, 0.1) is 18.5 Å². The normalized spacial score (nSPS) is 10.5. The monoisotopic (exact) mass is 347 g/mol. The Morgan fingerprint density at radius 1 is 1.29 bits per heavy atom. The number of nitrogens with zero attached hydrogens (tertiary/aromatic N) is 4. The van der Waals surface area contributed by atoms with Crippen LogP contribution in [-0.4, -0.2) is 26.1 Å². The zero-order chi connectivity index (χ0) is 14.7. The van der Waals surface area contributed by atoms with Crippen LogP contribution in [0, 0.1) is 0 Å². The topological polar surface area (TPSA) is 85.8 Å². The van der Waals surface area contributed by atoms with Gasteiger partial charge >= 0.3 is 0 Å². The average Bonchev–Trinajstić information content (AvgIpc) is 3.17. The van der Waals surface area contributed by atoms with Gasteiger partial charge in [-0.2, -0.15) is 4.68 Å². The molecule has 1 aromatic carbocycles. The van der Waals surface area contributed by atoms with Crippen LogP contribution >= 0.6 is 15.9 Å². The SMILES string of the molecule is O=C(NCc1nnnn1-c1ccc(Br)cc1)c1ccco1. The van der Waals surface area contributed by atoms with Crippen molar-refractivity contribution in [2.45, 2.75) is 6.54 Å². The molecule has 0 aliphatic rings. The van der Waals surface area contributed by atoms with E-state index in [0.29, 0.717) is 5.82 Å². The number of amides is 1. The molecule has 2 heterocycles. The number of furan rings is 1. The fourth-order valence-corrected chi connectivity index (χ4v) is 2.02. The Labute approximate surface area is 128 Å². The van der Waals surface area contributed by atoms with E-state index < -0.39 is 0 Å². The molecule has 3 aromatic rings. The van der Waals surface area contributed by atoms with Crippen molar-refractivity contribution >= 4 is 21.8 Å². The van der Waals surface area contributed by atoms with Crippen LogP contribution in [0.5, 0.6) is 0 Å². The summed E-state index contributed by atoms with van der Waals surface area (Å²) in [5.74, 6) is 0.459. The van der Waals surface area contributed by atoms with Crippen molar-refractivity contribution < 1.29 is 9.21 Å². The molecular weight excluding hydrogens is 338 g/mol. The summed E-state index contributed by atoms with van der Waals surface area (Å²) in [7, 11) is 0. The van der Waals surface area contributed by atoms with Gasteiger partial charge in [0.2, 0.25) is 0 Å². The first-order valence-corrected chi connectivity index (χ1v) is 6.88. The van der Waals surface area contributed by atoms with E-state index in [4.69, 9.17) is 4.42 Å². The van der Waals surface area contributed by atoms with Crippen molar-refractivity contribution in [2.75, 3.05) is 0 Å². The van der Waals surface area contributed by atoms with Gasteiger partial charge in [-0.05, 0) is 46.8 Å². The summed E-state index contributed by atoms with van der Waals surface area (Å²) in [4.78, 5) is 11.8. The lowest BCUT2D eigenvalue weighted by atomic mass is 10.3. The van der Waals surface area contributed by atoms with Gasteiger partial charge in [0.15, 0.2) is 11.6 Å². The van der Waals surface area contributed by atoms with E-state index >= 15 is 0 Å². The molecule has 0 radical (unpaired) electrons. The molecule has 0 saturated carbocycles. The first-order valence-electron chi connectivity index (χ1n) is 6.09. The first kappa shape index (κ1) is 13.5. The molecule has 0 fully saturated rings. The smallest absolute Gasteiger partial charge is 0.287 e. The highest BCUT2D eigenvalue weighted by Crippen LogP contribution is 2.14. The number of aromatic nitrogens is 4. The molecule has 0 saturated heterocycles. The van der Waals surface area contributed by atoms with E-state index in [1.54, 1.807) is 16.8 Å². The van der Waals surface area contributed by atoms with Gasteiger partial charge in [-0.15, -0.1) is 5.10 Å². The van der Waals surface area contributed by atoms with Crippen LogP contribution in [0.25, 0.3) is 5.69 Å². The van der Waals surface area contributed by atoms with E-state index in [0.717, 1.165) is 10.2 Å². The van der Waals surface area contributed by atoms with Crippen molar-refractivity contribution in [3.05, 3.63) is 58.7 Å². The lowest BCUT2D eigenvalue weighted by molar-refractivity contribution is 0.0922. The minimum absolute atomic E-state index is 0.197. The van der Waals surface area contributed by atoms with Crippen LogP contribution in [0.1, 0.15) is 16.4 Å². The van der Waals surface area contributed by atoms with Crippen molar-refractivity contribution in [1.82, 2.24) is 25.5 Å². The third-order valence-corrected chi connectivity index (χ3v) is 3.29. The molecule has 0 aliphatic heterocycles. The standard InChI is InChI=1S/C13H10BrN5O2/c14-9-3-5-10(6-4-9)19-12(16-17-18-19)8-15-13(20)11-2-1-7-21-11/h1-7H,8H2,(H,15,20). The lowest BCUT2D eigenvalue weighted by Gasteiger charge is -2.05. The highest BCUT2D eigenvalue weighted by atomic mass is 79.9. The van der Waals surface area contributed by atoms with Gasteiger partial charge in [0.1, 0.15) is 0 Å². The highest BCUT2D eigenvalue weighted by molar-refractivity contribution is 9.10. The quantitative estimate of drug-likeness (QED) is 0.779. The number of halogens is 1. The summed E-state index contributed by atoms with van der Waals surface area (Å²) in [6.45, 7) is 0.197. The molecule has 0 spiro atoms. The van der Waals surface area contributed by atoms with Crippen LogP contribution in [0.2, 0.25) is 0 Å². The van der Waals surface area contributed by atoms with E-state index in [9.17, 15) is 4.79 Å². The Morgan fingerprint density at radius 3 is 2.81 bits per heavy atom. The molecule has 1 amide bonds. The van der Waals surface area contributed by atoms with Crippen LogP contribution in [0.15, 0.2) is 51.6 Å². The summed E-state index contributed by atoms with van der Waals surface area (Å²) >= 11 is 3.37. The Balaban J connectivity index is 1.74. The fraction of sp³-hybridized carbons (Fsp3) is 0.0769. The maximum Gasteiger partial charge on any atom is 0.287 e. The Hall–Kier alpha value is -2.48. The molecule has 0 atom stereocenters. The molecule has 8 heteroatoms. The number of benzene rings is 1. The molecule has 21 heavy (non-hydrogen) atoms. The molecule has 1 N–H and O–H groups in total. The van der Waals surface area contributed by atoms with E-state index in [1.165, 1.54) is 6.26 Å². The average molecular weight is 348 g/mol. The summed E-state index contributed by atoms with van der Waals surface area (Å²) in [5.41, 5.74) is 0.811. The van der Waals surface area contributed by atoms with Gasteiger partial charge < -0.3 is 9.73 Å². The Morgan fingerprint density at radius 2 is 2.10 bits per heavy atom. The second-order valence-electron chi connectivity index (χ2n) is 4.14. The zero-order valence-corrected chi connectivity index (χ0v) is 12.3. The molecule has 3 rings (SSSR count). The molecular formula is C13H10BrN5O2. The Kier molecular flexibility index (Phi) is 3.78. The predicted molar refractivity (Wildman–Crippen MR) is 76.7 cm³/mol. The molecule has 0 unspecified atom stereocenters. The first-order chi connectivity index (χ1) is 10.2. The number of rotatable bonds is 4. The number of hydrogen-bond acceptors (Lipinski definition) is 5. The number of carbonyl (C=O) groups excluding carboxylic acids is 1. The van der Waals surface area contributed by atoms with Crippen LogP contribution in [0.3, 0.4) is 0 Å². The van der Waals surface area contributed by atoms with Crippen molar-refractivity contribution in [1.29, 1.82) is 0 Å². The molecule has 0 aliphatic carbocycles. The summed E-state index contributed by atoms with van der Waals surface area (Å²) in [6.07, 6.45) is 1.45. The fourth-order valence-electron chi connectivity index (χ4n) is 1.75. The molecule has 0 bridgehead atoms. The molecule has 106 valence electrons. The molecule has 7 nitrogen and oxygen atoms in total.